The highest BCUT2D eigenvalue weighted by atomic mass is 19.4. The zero-order valence-corrected chi connectivity index (χ0v) is 18.2. The van der Waals surface area contributed by atoms with Crippen LogP contribution in [-0.2, 0) is 9.53 Å². The molecule has 0 spiro atoms. The Kier molecular flexibility index (Phi) is 6.78. The Balaban J connectivity index is 2.05. The van der Waals surface area contributed by atoms with Gasteiger partial charge in [-0.25, -0.2) is 13.8 Å². The molecule has 3 rings (SSSR count). The van der Waals surface area contributed by atoms with Crippen LogP contribution in [0.5, 0.6) is 5.88 Å². The maximum atomic E-state index is 14.0. The minimum absolute atomic E-state index is 0.0000725. The molecule has 0 bridgehead atoms. The molecule has 184 valence electrons. The minimum Gasteiger partial charge on any atom is -0.481 e. The molecule has 2 aromatic heterocycles. The van der Waals surface area contributed by atoms with E-state index in [2.05, 4.69) is 15.3 Å². The van der Waals surface area contributed by atoms with E-state index < -0.39 is 53.7 Å². The summed E-state index contributed by atoms with van der Waals surface area (Å²) < 4.78 is 78.5. The van der Waals surface area contributed by atoms with Gasteiger partial charge in [-0.05, 0) is 25.1 Å². The van der Waals surface area contributed by atoms with Gasteiger partial charge in [0.25, 0.3) is 18.2 Å². The molecule has 34 heavy (non-hydrogen) atoms. The van der Waals surface area contributed by atoms with E-state index in [4.69, 9.17) is 15.2 Å². The van der Waals surface area contributed by atoms with Gasteiger partial charge in [0.15, 0.2) is 5.60 Å². The van der Waals surface area contributed by atoms with Crippen LogP contribution in [0.1, 0.15) is 47.9 Å². The number of hydrogen-bond donors (Lipinski definition) is 2. The smallest absolute Gasteiger partial charge is 0.417 e. The number of alkyl halides is 5. The molecule has 0 saturated carbocycles. The number of hydrogen-bond acceptors (Lipinski definition) is 6. The number of ether oxygens (including phenoxy) is 2. The average molecular weight is 488 g/mol. The summed E-state index contributed by atoms with van der Waals surface area (Å²) in [5.74, 6) is -4.79. The Bertz CT molecular complexity index is 1100. The van der Waals surface area contributed by atoms with Gasteiger partial charge in [0.05, 0.1) is 7.11 Å². The predicted molar refractivity (Wildman–Crippen MR) is 108 cm³/mol. The fraction of sp³-hybridized carbons (Fsp3) is 0.429. The van der Waals surface area contributed by atoms with Crippen molar-refractivity contribution in [1.29, 1.82) is 0 Å². The third-order valence-electron chi connectivity index (χ3n) is 5.89. The standard InChI is InChI=1S/C21H21F5N4O4/c1-9-14(11-4-5-12(16(22)23)30-19(11)33-3)15(34-20(9,2)21(24,25)26)18(32)29-10-6-7-28-13(8-10)17(27)31/h4-9,14-16H,1-3H3,(H2,27,31)(H,28,29,32)/t9-,14-,15-,20?/m1/s1. The number of rotatable bonds is 6. The molecule has 0 aromatic carbocycles. The predicted octanol–water partition coefficient (Wildman–Crippen LogP) is 3.60. The molecule has 1 fully saturated rings. The van der Waals surface area contributed by atoms with E-state index in [9.17, 15) is 31.5 Å². The molecule has 3 N–H and O–H groups in total. The molecule has 0 radical (unpaired) electrons. The number of anilines is 1. The molecule has 1 saturated heterocycles. The number of halogens is 5. The van der Waals surface area contributed by atoms with Gasteiger partial charge >= 0.3 is 6.18 Å². The van der Waals surface area contributed by atoms with Crippen LogP contribution in [0.2, 0.25) is 0 Å². The van der Waals surface area contributed by atoms with Crippen LogP contribution in [0.4, 0.5) is 27.6 Å². The zero-order chi connectivity index (χ0) is 25.4. The van der Waals surface area contributed by atoms with Crippen LogP contribution in [-0.4, -0.2) is 46.8 Å². The van der Waals surface area contributed by atoms with E-state index in [1.807, 2.05) is 0 Å². The summed E-state index contributed by atoms with van der Waals surface area (Å²) in [5, 5.41) is 2.40. The first-order chi connectivity index (χ1) is 15.8. The molecular formula is C21H21F5N4O4. The van der Waals surface area contributed by atoms with Crippen molar-refractivity contribution in [3.05, 3.63) is 47.4 Å². The van der Waals surface area contributed by atoms with E-state index in [1.54, 1.807) is 0 Å². The van der Waals surface area contributed by atoms with Crippen LogP contribution in [0.3, 0.4) is 0 Å². The highest BCUT2D eigenvalue weighted by Gasteiger charge is 2.65. The van der Waals surface area contributed by atoms with Gasteiger partial charge in [-0.15, -0.1) is 0 Å². The molecule has 0 aliphatic carbocycles. The number of nitrogens with two attached hydrogens (primary N) is 1. The SMILES string of the molecule is COc1nc(C(F)F)ccc1[C@H]1[C@@H](C)C(C)(C(F)(F)F)O[C@H]1C(=O)Nc1ccnc(C(N)=O)c1. The lowest BCUT2D eigenvalue weighted by atomic mass is 9.77. The van der Waals surface area contributed by atoms with E-state index in [0.29, 0.717) is 0 Å². The number of amides is 2. The van der Waals surface area contributed by atoms with E-state index in [0.717, 1.165) is 32.2 Å². The van der Waals surface area contributed by atoms with Crippen molar-refractivity contribution < 1.29 is 41.0 Å². The fourth-order valence-electron chi connectivity index (χ4n) is 3.88. The molecule has 1 aliphatic rings. The lowest BCUT2D eigenvalue weighted by Gasteiger charge is -2.31. The summed E-state index contributed by atoms with van der Waals surface area (Å²) in [6.45, 7) is 2.05. The number of carbonyl (C=O) groups excluding carboxylic acids is 2. The first-order valence-corrected chi connectivity index (χ1v) is 9.94. The first kappa shape index (κ1) is 25.3. The van der Waals surface area contributed by atoms with Crippen molar-refractivity contribution >= 4 is 17.5 Å². The van der Waals surface area contributed by atoms with Gasteiger partial charge in [-0.1, -0.05) is 13.0 Å². The molecule has 3 heterocycles. The van der Waals surface area contributed by atoms with Gasteiger partial charge in [-0.3, -0.25) is 14.6 Å². The summed E-state index contributed by atoms with van der Waals surface area (Å²) in [7, 11) is 1.13. The van der Waals surface area contributed by atoms with Gasteiger partial charge in [0.2, 0.25) is 5.88 Å². The number of pyridine rings is 2. The monoisotopic (exact) mass is 488 g/mol. The minimum atomic E-state index is -4.86. The van der Waals surface area contributed by atoms with Crippen molar-refractivity contribution in [2.24, 2.45) is 11.7 Å². The van der Waals surface area contributed by atoms with Crippen LogP contribution in [0.25, 0.3) is 0 Å². The number of aromatic nitrogens is 2. The Morgan fingerprint density at radius 3 is 2.50 bits per heavy atom. The van der Waals surface area contributed by atoms with E-state index in [1.165, 1.54) is 19.2 Å². The number of nitrogens with one attached hydrogen (secondary N) is 1. The van der Waals surface area contributed by atoms with Crippen molar-refractivity contribution in [3.63, 3.8) is 0 Å². The van der Waals surface area contributed by atoms with Gasteiger partial charge in [-0.2, -0.15) is 13.2 Å². The van der Waals surface area contributed by atoms with E-state index >= 15 is 0 Å². The molecule has 8 nitrogen and oxygen atoms in total. The number of primary amides is 1. The Labute approximate surface area is 190 Å². The quantitative estimate of drug-likeness (QED) is 0.601. The Hall–Kier alpha value is -3.35. The van der Waals surface area contributed by atoms with Gasteiger partial charge in [0, 0.05) is 29.3 Å². The van der Waals surface area contributed by atoms with Crippen molar-refractivity contribution in [1.82, 2.24) is 9.97 Å². The topological polar surface area (TPSA) is 116 Å². The molecule has 1 aliphatic heterocycles. The second-order valence-corrected chi connectivity index (χ2v) is 7.88. The summed E-state index contributed by atoms with van der Waals surface area (Å²) in [5.41, 5.74) is 1.65. The van der Waals surface area contributed by atoms with Crippen LogP contribution >= 0.6 is 0 Å². The van der Waals surface area contributed by atoms with Crippen molar-refractivity contribution in [2.45, 2.75) is 44.1 Å². The lowest BCUT2D eigenvalue weighted by molar-refractivity contribution is -0.272. The average Bonchev–Trinajstić information content (AvgIpc) is 3.05. The van der Waals surface area contributed by atoms with E-state index in [-0.39, 0.29) is 22.8 Å². The van der Waals surface area contributed by atoms with Crippen LogP contribution in [0.15, 0.2) is 30.5 Å². The number of nitrogens with zero attached hydrogens (tertiary/aromatic N) is 2. The Morgan fingerprint density at radius 2 is 1.94 bits per heavy atom. The summed E-state index contributed by atoms with van der Waals surface area (Å²) in [6, 6.07) is 4.56. The molecule has 2 amide bonds. The van der Waals surface area contributed by atoms with Crippen LogP contribution < -0.4 is 15.8 Å². The number of carbonyl (C=O) groups is 2. The highest BCUT2D eigenvalue weighted by molar-refractivity contribution is 5.97. The molecule has 4 atom stereocenters. The normalized spacial score (nSPS) is 24.8. The fourth-order valence-corrected chi connectivity index (χ4v) is 3.88. The second kappa shape index (κ2) is 9.12. The second-order valence-electron chi connectivity index (χ2n) is 7.88. The maximum absolute atomic E-state index is 14.0. The zero-order valence-electron chi connectivity index (χ0n) is 18.2. The largest absolute Gasteiger partial charge is 0.481 e. The highest BCUT2D eigenvalue weighted by Crippen LogP contribution is 2.54. The van der Waals surface area contributed by atoms with Crippen molar-refractivity contribution in [2.75, 3.05) is 12.4 Å². The van der Waals surface area contributed by atoms with Crippen molar-refractivity contribution in [3.8, 4) is 5.88 Å². The van der Waals surface area contributed by atoms with Gasteiger partial charge in [0.1, 0.15) is 17.5 Å². The van der Waals surface area contributed by atoms with Crippen LogP contribution in [0, 0.1) is 5.92 Å². The summed E-state index contributed by atoms with van der Waals surface area (Å²) in [4.78, 5) is 31.8. The Morgan fingerprint density at radius 1 is 1.26 bits per heavy atom. The first-order valence-electron chi connectivity index (χ1n) is 9.94. The third kappa shape index (κ3) is 4.52. The molecular weight excluding hydrogens is 467 g/mol. The summed E-state index contributed by atoms with van der Waals surface area (Å²) in [6.07, 6.45) is -8.33. The third-order valence-corrected chi connectivity index (χ3v) is 5.89. The molecule has 1 unspecified atom stereocenters. The maximum Gasteiger partial charge on any atom is 0.417 e. The number of methoxy groups -OCH3 is 1. The molecule has 13 heteroatoms. The summed E-state index contributed by atoms with van der Waals surface area (Å²) >= 11 is 0. The molecule has 2 aromatic rings. The van der Waals surface area contributed by atoms with Gasteiger partial charge < -0.3 is 20.5 Å². The lowest BCUT2D eigenvalue weighted by Crippen LogP contribution is -2.47.